The number of hydrogen-bond acceptors (Lipinski definition) is 6. The summed E-state index contributed by atoms with van der Waals surface area (Å²) in [5, 5.41) is 13.9. The first kappa shape index (κ1) is 25.8. The molecule has 0 aliphatic carbocycles. The minimum absolute atomic E-state index is 0.259. The summed E-state index contributed by atoms with van der Waals surface area (Å²) in [6.45, 7) is 0. The standard InChI is InChI=1S/C36H16F2S6/c37-25-15-27(41-35(25)29-13-19-3-7-21-23(33(19)43-29)5-1-17-9-11-39-31(17)21)28-16-26(38)36(42-28)30-14-20-4-8-22-24(34(20)44-30)6-2-18-10-12-40-32(18)22/h1-16H. The number of halogens is 2. The molecule has 210 valence electrons. The number of hydrogen-bond donors (Lipinski definition) is 0. The molecule has 0 aliphatic rings. The molecule has 0 aliphatic heterocycles. The summed E-state index contributed by atoms with van der Waals surface area (Å²) < 4.78 is 36.0. The average Bonchev–Trinajstić information content (AvgIpc) is 3.87. The highest BCUT2D eigenvalue weighted by molar-refractivity contribution is 7.31. The first-order valence-electron chi connectivity index (χ1n) is 13.8. The van der Waals surface area contributed by atoms with Crippen molar-refractivity contribution in [3.8, 4) is 29.3 Å². The molecule has 0 saturated carbocycles. The molecule has 4 aromatic carbocycles. The highest BCUT2D eigenvalue weighted by Crippen LogP contribution is 2.49. The van der Waals surface area contributed by atoms with Gasteiger partial charge < -0.3 is 0 Å². The highest BCUT2D eigenvalue weighted by Gasteiger charge is 2.21. The van der Waals surface area contributed by atoms with Gasteiger partial charge in [-0.15, -0.1) is 68.0 Å². The lowest BCUT2D eigenvalue weighted by Crippen LogP contribution is -1.72. The molecule has 44 heavy (non-hydrogen) atoms. The molecule has 6 heterocycles. The highest BCUT2D eigenvalue weighted by atomic mass is 32.1. The van der Waals surface area contributed by atoms with E-state index < -0.39 is 0 Å². The Morgan fingerprint density at radius 1 is 0.364 bits per heavy atom. The van der Waals surface area contributed by atoms with Gasteiger partial charge in [0.1, 0.15) is 11.6 Å². The lowest BCUT2D eigenvalue weighted by molar-refractivity contribution is 0.635. The summed E-state index contributed by atoms with van der Waals surface area (Å²) in [6, 6.07) is 28.9. The molecule has 0 amide bonds. The van der Waals surface area contributed by atoms with Crippen LogP contribution in [0.5, 0.6) is 0 Å². The van der Waals surface area contributed by atoms with Crippen LogP contribution in [0.15, 0.2) is 95.7 Å². The number of benzene rings is 4. The van der Waals surface area contributed by atoms with E-state index in [2.05, 4.69) is 83.6 Å². The van der Waals surface area contributed by atoms with Gasteiger partial charge in [-0.1, -0.05) is 48.5 Å². The van der Waals surface area contributed by atoms with Crippen molar-refractivity contribution in [3.05, 3.63) is 107 Å². The van der Waals surface area contributed by atoms with E-state index in [1.807, 2.05) is 0 Å². The van der Waals surface area contributed by atoms with Crippen molar-refractivity contribution in [1.29, 1.82) is 0 Å². The predicted molar refractivity (Wildman–Crippen MR) is 195 cm³/mol. The van der Waals surface area contributed by atoms with E-state index in [0.29, 0.717) is 9.75 Å². The molecule has 0 saturated heterocycles. The monoisotopic (exact) mass is 678 g/mol. The molecular formula is C36H16F2S6. The normalized spacial score (nSPS) is 12.3. The van der Waals surface area contributed by atoms with E-state index in [9.17, 15) is 0 Å². The zero-order chi connectivity index (χ0) is 29.1. The minimum Gasteiger partial charge on any atom is -0.205 e. The van der Waals surface area contributed by atoms with Gasteiger partial charge in [-0.3, -0.25) is 0 Å². The third-order valence-electron chi connectivity index (χ3n) is 8.25. The molecule has 6 aromatic heterocycles. The van der Waals surface area contributed by atoms with Crippen molar-refractivity contribution in [2.24, 2.45) is 0 Å². The Hall–Kier alpha value is -3.50. The fraction of sp³-hybridized carbons (Fsp3) is 0. The number of rotatable bonds is 3. The molecule has 0 radical (unpaired) electrons. The summed E-state index contributed by atoms with van der Waals surface area (Å²) in [4.78, 5) is 4.52. The summed E-state index contributed by atoms with van der Waals surface area (Å²) in [6.07, 6.45) is 0. The minimum atomic E-state index is -0.259. The summed E-state index contributed by atoms with van der Waals surface area (Å²) in [5.41, 5.74) is 0. The van der Waals surface area contributed by atoms with E-state index in [4.69, 9.17) is 0 Å². The van der Waals surface area contributed by atoms with Gasteiger partial charge in [0, 0.05) is 59.9 Å². The lowest BCUT2D eigenvalue weighted by Gasteiger charge is -2.00. The van der Waals surface area contributed by atoms with Gasteiger partial charge >= 0.3 is 0 Å². The first-order chi connectivity index (χ1) is 21.6. The van der Waals surface area contributed by atoms with Gasteiger partial charge in [-0.2, -0.15) is 0 Å². The fourth-order valence-corrected chi connectivity index (χ4v) is 12.8. The molecule has 0 bridgehead atoms. The molecule has 0 fully saturated rings. The Balaban J connectivity index is 1.05. The Morgan fingerprint density at radius 3 is 1.23 bits per heavy atom. The number of thiophene rings is 6. The maximum absolute atomic E-state index is 15.5. The summed E-state index contributed by atoms with van der Waals surface area (Å²) >= 11 is 9.57. The van der Waals surface area contributed by atoms with Crippen LogP contribution in [0, 0.1) is 11.6 Å². The van der Waals surface area contributed by atoms with Crippen LogP contribution in [-0.2, 0) is 0 Å². The van der Waals surface area contributed by atoms with Crippen LogP contribution in [-0.4, -0.2) is 0 Å². The maximum Gasteiger partial charge on any atom is 0.143 e. The zero-order valence-electron chi connectivity index (χ0n) is 22.4. The Morgan fingerprint density at radius 2 is 0.773 bits per heavy atom. The third kappa shape index (κ3) is 3.73. The van der Waals surface area contributed by atoms with E-state index in [-0.39, 0.29) is 11.6 Å². The van der Waals surface area contributed by atoms with Gasteiger partial charge in [-0.25, -0.2) is 8.78 Å². The second kappa shape index (κ2) is 9.50. The maximum atomic E-state index is 15.5. The quantitative estimate of drug-likeness (QED) is 0.174. The Kier molecular flexibility index (Phi) is 5.57. The van der Waals surface area contributed by atoms with E-state index in [0.717, 1.165) is 30.3 Å². The van der Waals surface area contributed by atoms with Gasteiger partial charge in [0.15, 0.2) is 0 Å². The topological polar surface area (TPSA) is 0 Å². The largest absolute Gasteiger partial charge is 0.205 e. The molecule has 0 nitrogen and oxygen atoms in total. The average molecular weight is 679 g/mol. The molecule has 0 spiro atoms. The van der Waals surface area contributed by atoms with Crippen molar-refractivity contribution < 1.29 is 8.78 Å². The van der Waals surface area contributed by atoms with Crippen LogP contribution in [0.4, 0.5) is 8.78 Å². The van der Waals surface area contributed by atoms with Crippen LogP contribution >= 0.6 is 68.0 Å². The molecular weight excluding hydrogens is 663 g/mol. The Labute approximate surface area is 273 Å². The second-order valence-corrected chi connectivity index (χ2v) is 16.8. The van der Waals surface area contributed by atoms with Crippen molar-refractivity contribution in [1.82, 2.24) is 0 Å². The van der Waals surface area contributed by atoms with Crippen LogP contribution in [0.1, 0.15) is 0 Å². The molecule has 8 heteroatoms. The van der Waals surface area contributed by atoms with E-state index in [1.54, 1.807) is 57.5 Å². The van der Waals surface area contributed by atoms with Crippen LogP contribution in [0.25, 0.3) is 91.2 Å². The van der Waals surface area contributed by atoms with Gasteiger partial charge in [0.2, 0.25) is 0 Å². The first-order valence-corrected chi connectivity index (χ1v) is 18.9. The second-order valence-electron chi connectivity index (χ2n) is 10.8. The van der Waals surface area contributed by atoms with Crippen molar-refractivity contribution >= 4 is 130 Å². The van der Waals surface area contributed by atoms with E-state index in [1.165, 1.54) is 73.8 Å². The molecule has 10 rings (SSSR count). The van der Waals surface area contributed by atoms with Crippen molar-refractivity contribution in [2.45, 2.75) is 0 Å². The zero-order valence-corrected chi connectivity index (χ0v) is 27.3. The Bertz CT molecular complexity index is 2570. The third-order valence-corrected chi connectivity index (χ3v) is 15.3. The van der Waals surface area contributed by atoms with Crippen molar-refractivity contribution in [2.75, 3.05) is 0 Å². The van der Waals surface area contributed by atoms with Gasteiger partial charge in [0.05, 0.1) is 9.75 Å². The number of fused-ring (bicyclic) bond motifs is 10. The smallest absolute Gasteiger partial charge is 0.143 e. The van der Waals surface area contributed by atoms with Gasteiger partial charge in [0.25, 0.3) is 0 Å². The summed E-state index contributed by atoms with van der Waals surface area (Å²) in [5.74, 6) is -0.518. The van der Waals surface area contributed by atoms with Gasteiger partial charge in [-0.05, 0) is 68.7 Å². The van der Waals surface area contributed by atoms with Crippen LogP contribution in [0.2, 0.25) is 0 Å². The molecule has 10 aromatic rings. The lowest BCUT2D eigenvalue weighted by atomic mass is 10.1. The molecule has 0 atom stereocenters. The molecule has 0 N–H and O–H groups in total. The van der Waals surface area contributed by atoms with E-state index >= 15 is 8.78 Å². The summed E-state index contributed by atoms with van der Waals surface area (Å²) in [7, 11) is 0. The fourth-order valence-electron chi connectivity index (χ4n) is 6.20. The van der Waals surface area contributed by atoms with Crippen molar-refractivity contribution in [3.63, 3.8) is 0 Å². The SMILES string of the molecule is Fc1cc(-c2cc(F)c(-c3cc4ccc5c(ccc6ccsc65)c4s3)s2)sc1-c1cc2ccc3c(ccc4ccsc43)c2s1. The predicted octanol–water partition coefficient (Wildman–Crippen LogP) is 14.3. The van der Waals surface area contributed by atoms with Crippen LogP contribution in [0.3, 0.4) is 0 Å². The van der Waals surface area contributed by atoms with Crippen LogP contribution < -0.4 is 0 Å². The molecule has 0 unspecified atom stereocenters.